The number of aliphatic imine (C=N–C) groups is 2. The molecule has 1 amide bonds. The van der Waals surface area contributed by atoms with Crippen LogP contribution in [0.25, 0.3) is 0 Å². The Balaban J connectivity index is 1.56. The highest BCUT2D eigenvalue weighted by atomic mass is 16.1. The number of benzodiazepines with no additional fused rings is 1. The normalized spacial score (nSPS) is 23.3. The number of anilines is 1. The summed E-state index contributed by atoms with van der Waals surface area (Å²) in [5.74, 6) is 2.44. The van der Waals surface area contributed by atoms with Crippen molar-refractivity contribution >= 4 is 23.3 Å². The first-order chi connectivity index (χ1) is 16.2. The van der Waals surface area contributed by atoms with Gasteiger partial charge in [-0.2, -0.15) is 0 Å². The van der Waals surface area contributed by atoms with E-state index < -0.39 is 6.17 Å². The summed E-state index contributed by atoms with van der Waals surface area (Å²) in [6.45, 7) is 2.66. The average Bonchev–Trinajstić information content (AvgIpc) is 3.01. The minimum absolute atomic E-state index is 0.0746. The quantitative estimate of drug-likeness (QED) is 0.613. The zero-order valence-corrected chi connectivity index (χ0v) is 20.5. The van der Waals surface area contributed by atoms with Crippen molar-refractivity contribution in [3.05, 3.63) is 29.8 Å². The molecule has 1 aliphatic heterocycles. The van der Waals surface area contributed by atoms with Gasteiger partial charge in [0.2, 0.25) is 5.91 Å². The fraction of sp³-hybridized carbons (Fsp3) is 0.667. The standard InChI is InChI=1S/C27H41N5O/c1-3-28-25-26(30-24(33)19-18-20-12-6-4-7-13-20)31-27(22-16-10-11-17-23(22)29-25)32(2)21-14-8-5-9-15-21/h10-11,16-17,20-21,26H,3-9,12-15,18-19H2,1-2H3,(H,28,29)(H,30,33). The van der Waals surface area contributed by atoms with E-state index in [-0.39, 0.29) is 5.91 Å². The number of hydrogen-bond donors (Lipinski definition) is 2. The molecule has 33 heavy (non-hydrogen) atoms. The van der Waals surface area contributed by atoms with Gasteiger partial charge in [0, 0.05) is 31.6 Å². The van der Waals surface area contributed by atoms with E-state index in [0.717, 1.165) is 29.3 Å². The lowest BCUT2D eigenvalue weighted by molar-refractivity contribution is -0.121. The van der Waals surface area contributed by atoms with E-state index in [1.54, 1.807) is 0 Å². The van der Waals surface area contributed by atoms with Crippen LogP contribution in [-0.2, 0) is 4.79 Å². The number of rotatable bonds is 6. The molecule has 0 bridgehead atoms. The lowest BCUT2D eigenvalue weighted by Crippen LogP contribution is -2.44. The molecule has 6 heteroatoms. The number of fused-ring (bicyclic) bond motifs is 1. The predicted molar refractivity (Wildman–Crippen MR) is 137 cm³/mol. The molecule has 180 valence electrons. The largest absolute Gasteiger partial charge is 0.356 e. The number of nitrogens with one attached hydrogen (secondary N) is 2. The molecule has 0 radical (unpaired) electrons. The van der Waals surface area contributed by atoms with Gasteiger partial charge >= 0.3 is 0 Å². The Labute approximate surface area is 199 Å². The van der Waals surface area contributed by atoms with Crippen molar-refractivity contribution in [1.29, 1.82) is 0 Å². The van der Waals surface area contributed by atoms with Crippen LogP contribution in [0.15, 0.2) is 34.3 Å². The molecular formula is C27H41N5O. The third-order valence-electron chi connectivity index (χ3n) is 7.53. The van der Waals surface area contributed by atoms with Crippen molar-refractivity contribution in [3.8, 4) is 0 Å². The molecule has 1 aromatic carbocycles. The van der Waals surface area contributed by atoms with Crippen LogP contribution in [0, 0.1) is 5.92 Å². The fourth-order valence-electron chi connectivity index (χ4n) is 5.60. The van der Waals surface area contributed by atoms with Crippen LogP contribution in [-0.4, -0.2) is 48.3 Å². The average molecular weight is 452 g/mol. The molecule has 6 nitrogen and oxygen atoms in total. The third kappa shape index (κ3) is 6.15. The van der Waals surface area contributed by atoms with Crippen molar-refractivity contribution < 1.29 is 4.79 Å². The number of hydrogen-bond acceptors (Lipinski definition) is 4. The maximum absolute atomic E-state index is 13.0. The van der Waals surface area contributed by atoms with Crippen LogP contribution in [0.5, 0.6) is 0 Å². The van der Waals surface area contributed by atoms with E-state index in [1.807, 2.05) is 13.0 Å². The van der Waals surface area contributed by atoms with E-state index in [4.69, 9.17) is 9.98 Å². The fourth-order valence-corrected chi connectivity index (χ4v) is 5.60. The van der Waals surface area contributed by atoms with Gasteiger partial charge < -0.3 is 15.5 Å². The molecule has 1 heterocycles. The summed E-state index contributed by atoms with van der Waals surface area (Å²) in [5.41, 5.74) is 2.08. The first kappa shape index (κ1) is 23.8. The molecule has 0 aromatic heterocycles. The van der Waals surface area contributed by atoms with Gasteiger partial charge in [0.25, 0.3) is 0 Å². The molecule has 1 unspecified atom stereocenters. The molecule has 4 rings (SSSR count). The van der Waals surface area contributed by atoms with E-state index in [1.165, 1.54) is 64.2 Å². The highest BCUT2D eigenvalue weighted by Gasteiger charge is 2.29. The zero-order chi connectivity index (χ0) is 23.0. The summed E-state index contributed by atoms with van der Waals surface area (Å²) in [5, 5.41) is 6.71. The van der Waals surface area contributed by atoms with Gasteiger partial charge in [-0.25, -0.2) is 4.99 Å². The molecular weight excluding hydrogens is 410 g/mol. The van der Waals surface area contributed by atoms with Crippen molar-refractivity contribution in [2.24, 2.45) is 15.9 Å². The first-order valence-electron chi connectivity index (χ1n) is 13.2. The third-order valence-corrected chi connectivity index (χ3v) is 7.53. The van der Waals surface area contributed by atoms with Gasteiger partial charge in [0.1, 0.15) is 11.7 Å². The molecule has 3 aliphatic rings. The first-order valence-corrected chi connectivity index (χ1v) is 13.2. The van der Waals surface area contributed by atoms with E-state index in [2.05, 4.69) is 40.8 Å². The zero-order valence-electron chi connectivity index (χ0n) is 20.5. The van der Waals surface area contributed by atoms with Crippen molar-refractivity contribution in [1.82, 2.24) is 10.2 Å². The number of benzene rings is 1. The predicted octanol–water partition coefficient (Wildman–Crippen LogP) is 5.34. The van der Waals surface area contributed by atoms with Crippen molar-refractivity contribution in [2.75, 3.05) is 18.9 Å². The Morgan fingerprint density at radius 3 is 2.52 bits per heavy atom. The van der Waals surface area contributed by atoms with E-state index in [9.17, 15) is 4.79 Å². The summed E-state index contributed by atoms with van der Waals surface area (Å²) in [6, 6.07) is 8.79. The molecule has 2 N–H and O–H groups in total. The second-order valence-electron chi connectivity index (χ2n) is 9.90. The van der Waals surface area contributed by atoms with Gasteiger partial charge in [-0.15, -0.1) is 0 Å². The Morgan fingerprint density at radius 2 is 1.79 bits per heavy atom. The number of carbonyl (C=O) groups excluding carboxylic acids is 1. The maximum atomic E-state index is 13.0. The SMILES string of the molecule is CCN=C1Nc2ccccc2C(N(C)C2CCCCC2)=NC1NC(=O)CCC1CCCCC1. The second-order valence-corrected chi connectivity index (χ2v) is 9.90. The van der Waals surface area contributed by atoms with Gasteiger partial charge in [0.05, 0.1) is 5.69 Å². The highest BCUT2D eigenvalue weighted by Crippen LogP contribution is 2.29. The Morgan fingerprint density at radius 1 is 1.09 bits per heavy atom. The molecule has 0 saturated heterocycles. The molecule has 2 fully saturated rings. The van der Waals surface area contributed by atoms with Gasteiger partial charge in [-0.3, -0.25) is 9.79 Å². The summed E-state index contributed by atoms with van der Waals surface area (Å²) in [7, 11) is 2.16. The molecule has 2 saturated carbocycles. The molecule has 0 spiro atoms. The summed E-state index contributed by atoms with van der Waals surface area (Å²) in [6.07, 6.45) is 13.8. The van der Waals surface area contributed by atoms with Crippen LogP contribution in [0.3, 0.4) is 0 Å². The number of carbonyl (C=O) groups is 1. The van der Waals surface area contributed by atoms with Crippen molar-refractivity contribution in [3.63, 3.8) is 0 Å². The van der Waals surface area contributed by atoms with Gasteiger partial charge in [0.15, 0.2) is 6.17 Å². The highest BCUT2D eigenvalue weighted by molar-refractivity contribution is 6.12. The summed E-state index contributed by atoms with van der Waals surface area (Å²) < 4.78 is 0. The van der Waals surface area contributed by atoms with Crippen molar-refractivity contribution in [2.45, 2.75) is 96.2 Å². The lowest BCUT2D eigenvalue weighted by atomic mass is 9.86. The number of para-hydroxylation sites is 1. The minimum atomic E-state index is -0.489. The number of amidine groups is 2. The van der Waals surface area contributed by atoms with Crippen LogP contribution in [0.2, 0.25) is 0 Å². The molecule has 2 aliphatic carbocycles. The van der Waals surface area contributed by atoms with Crippen LogP contribution in [0.1, 0.15) is 89.5 Å². The summed E-state index contributed by atoms with van der Waals surface area (Å²) in [4.78, 5) is 25.2. The van der Waals surface area contributed by atoms with Crippen LogP contribution in [0.4, 0.5) is 5.69 Å². The Hall–Kier alpha value is -2.37. The van der Waals surface area contributed by atoms with Gasteiger partial charge in [-0.05, 0) is 44.2 Å². The number of amides is 1. The van der Waals surface area contributed by atoms with Crippen LogP contribution < -0.4 is 10.6 Å². The Bertz CT molecular complexity index is 852. The van der Waals surface area contributed by atoms with Crippen LogP contribution >= 0.6 is 0 Å². The molecule has 1 atom stereocenters. The monoisotopic (exact) mass is 451 g/mol. The van der Waals surface area contributed by atoms with E-state index in [0.29, 0.717) is 24.9 Å². The summed E-state index contributed by atoms with van der Waals surface area (Å²) >= 11 is 0. The topological polar surface area (TPSA) is 69.1 Å². The second kappa shape index (κ2) is 11.7. The molecule has 1 aromatic rings. The van der Waals surface area contributed by atoms with E-state index >= 15 is 0 Å². The maximum Gasteiger partial charge on any atom is 0.221 e. The smallest absolute Gasteiger partial charge is 0.221 e. The number of nitrogens with zero attached hydrogens (tertiary/aromatic N) is 3. The lowest BCUT2D eigenvalue weighted by Gasteiger charge is -2.34. The Kier molecular flexibility index (Phi) is 8.40. The minimum Gasteiger partial charge on any atom is -0.356 e. The van der Waals surface area contributed by atoms with Gasteiger partial charge in [-0.1, -0.05) is 63.5 Å².